The molecule has 1 heterocycles. The number of aromatic nitrogens is 1. The van der Waals surface area contributed by atoms with Crippen LogP contribution in [0.4, 0.5) is 4.79 Å². The first-order chi connectivity index (χ1) is 16.8. The van der Waals surface area contributed by atoms with Crippen molar-refractivity contribution in [1.82, 2.24) is 14.6 Å². The summed E-state index contributed by atoms with van der Waals surface area (Å²) >= 11 is 1.30. The molecule has 2 amide bonds. The van der Waals surface area contributed by atoms with Crippen LogP contribution in [0.5, 0.6) is 0 Å². The third-order valence-corrected chi connectivity index (χ3v) is 6.89. The van der Waals surface area contributed by atoms with Gasteiger partial charge < -0.3 is 20.1 Å². The van der Waals surface area contributed by atoms with Gasteiger partial charge in [-0.15, -0.1) is 0 Å². The molecule has 2 N–H and O–H groups in total. The quantitative estimate of drug-likeness (QED) is 0.463. The van der Waals surface area contributed by atoms with Crippen LogP contribution in [-0.4, -0.2) is 52.0 Å². The van der Waals surface area contributed by atoms with E-state index in [0.29, 0.717) is 6.54 Å². The summed E-state index contributed by atoms with van der Waals surface area (Å²) in [6.45, 7) is 2.30. The predicted molar refractivity (Wildman–Crippen MR) is 132 cm³/mol. The molecule has 0 radical (unpaired) electrons. The zero-order valence-corrected chi connectivity index (χ0v) is 20.4. The van der Waals surface area contributed by atoms with Crippen molar-refractivity contribution in [3.8, 4) is 11.1 Å². The fourth-order valence-corrected chi connectivity index (χ4v) is 5.16. The van der Waals surface area contributed by atoms with Gasteiger partial charge in [-0.05, 0) is 53.2 Å². The first-order valence-electron chi connectivity index (χ1n) is 11.3. The average Bonchev–Trinajstić information content (AvgIpc) is 3.40. The normalized spacial score (nSPS) is 13.0. The van der Waals surface area contributed by atoms with Crippen LogP contribution in [0, 0.1) is 6.92 Å². The largest absolute Gasteiger partial charge is 0.481 e. The van der Waals surface area contributed by atoms with Crippen molar-refractivity contribution in [3.05, 3.63) is 76.3 Å². The number of carboxylic acid groups (broad SMARTS) is 1. The molecule has 1 aromatic heterocycles. The van der Waals surface area contributed by atoms with Crippen LogP contribution in [-0.2, 0) is 20.9 Å². The van der Waals surface area contributed by atoms with Crippen molar-refractivity contribution in [1.29, 1.82) is 0 Å². The van der Waals surface area contributed by atoms with Crippen LogP contribution in [0.2, 0.25) is 0 Å². The van der Waals surface area contributed by atoms with E-state index in [1.165, 1.54) is 16.4 Å². The molecule has 0 saturated heterocycles. The Labute approximate surface area is 207 Å². The smallest absolute Gasteiger partial charge is 0.407 e. The molecule has 4 rings (SSSR count). The molecule has 0 spiro atoms. The van der Waals surface area contributed by atoms with Gasteiger partial charge in [0.05, 0.1) is 12.2 Å². The van der Waals surface area contributed by atoms with Gasteiger partial charge in [0.2, 0.25) is 5.91 Å². The summed E-state index contributed by atoms with van der Waals surface area (Å²) in [5.74, 6) is -1.54. The van der Waals surface area contributed by atoms with Gasteiger partial charge in [-0.2, -0.15) is 4.37 Å². The number of ether oxygens (including phenoxy) is 1. The zero-order valence-electron chi connectivity index (χ0n) is 19.6. The summed E-state index contributed by atoms with van der Waals surface area (Å²) in [6.07, 6.45) is -1.05. The van der Waals surface area contributed by atoms with Crippen LogP contribution < -0.4 is 5.32 Å². The van der Waals surface area contributed by atoms with E-state index in [-0.39, 0.29) is 31.3 Å². The topological polar surface area (TPSA) is 109 Å². The van der Waals surface area contributed by atoms with Crippen LogP contribution in [0.1, 0.15) is 40.5 Å². The Morgan fingerprint density at radius 2 is 1.74 bits per heavy atom. The van der Waals surface area contributed by atoms with Gasteiger partial charge in [0, 0.05) is 24.3 Å². The maximum Gasteiger partial charge on any atom is 0.407 e. The average molecular weight is 494 g/mol. The third-order valence-electron chi connectivity index (χ3n) is 6.03. The van der Waals surface area contributed by atoms with Gasteiger partial charge in [0.1, 0.15) is 12.6 Å². The summed E-state index contributed by atoms with van der Waals surface area (Å²) in [4.78, 5) is 39.2. The molecule has 3 aromatic rings. The molecule has 0 fully saturated rings. The third kappa shape index (κ3) is 5.68. The summed E-state index contributed by atoms with van der Waals surface area (Å²) in [6, 6.07) is 16.9. The Morgan fingerprint density at radius 3 is 2.31 bits per heavy atom. The minimum Gasteiger partial charge on any atom is -0.481 e. The molecule has 9 heteroatoms. The number of hydrogen-bond acceptors (Lipinski definition) is 6. The number of carbonyl (C=O) groups excluding carboxylic acids is 2. The lowest BCUT2D eigenvalue weighted by molar-refractivity contribution is -0.137. The maximum absolute atomic E-state index is 13.0. The monoisotopic (exact) mass is 493 g/mol. The van der Waals surface area contributed by atoms with Gasteiger partial charge in [0.25, 0.3) is 0 Å². The van der Waals surface area contributed by atoms with Gasteiger partial charge in [-0.25, -0.2) is 4.79 Å². The Balaban J connectivity index is 1.41. The van der Waals surface area contributed by atoms with Crippen LogP contribution in [0.3, 0.4) is 0 Å². The van der Waals surface area contributed by atoms with Crippen molar-refractivity contribution in [2.45, 2.75) is 38.3 Å². The standard InChI is InChI=1S/C26H27N3O5S/c1-16-13-17(35-28-16)14-29(2)25(32)23(11-12-24(30)31)27-26(33)34-15-22-20-9-5-3-7-18(20)19-8-4-6-10-21(19)22/h3-10,13,22-23H,11-12,14-15H2,1-2H3,(H,27,33)(H,30,31). The van der Waals surface area contributed by atoms with Crippen molar-refractivity contribution in [3.63, 3.8) is 0 Å². The molecule has 1 atom stereocenters. The van der Waals surface area contributed by atoms with Gasteiger partial charge in [-0.1, -0.05) is 48.5 Å². The number of hydrogen-bond donors (Lipinski definition) is 2. The van der Waals surface area contributed by atoms with Crippen molar-refractivity contribution in [2.24, 2.45) is 0 Å². The molecular formula is C26H27N3O5S. The highest BCUT2D eigenvalue weighted by molar-refractivity contribution is 7.05. The van der Waals surface area contributed by atoms with E-state index in [1.54, 1.807) is 7.05 Å². The second-order valence-electron chi connectivity index (χ2n) is 8.58. The number of carboxylic acids is 1. The molecule has 35 heavy (non-hydrogen) atoms. The molecule has 1 aliphatic carbocycles. The Morgan fingerprint density at radius 1 is 1.11 bits per heavy atom. The number of aryl methyl sites for hydroxylation is 1. The molecule has 8 nitrogen and oxygen atoms in total. The Bertz CT molecular complexity index is 1200. The highest BCUT2D eigenvalue weighted by Crippen LogP contribution is 2.44. The van der Waals surface area contributed by atoms with Crippen molar-refractivity contribution in [2.75, 3.05) is 13.7 Å². The fourth-order valence-electron chi connectivity index (χ4n) is 4.38. The molecule has 1 aliphatic rings. The van der Waals surface area contributed by atoms with Crippen LogP contribution >= 0.6 is 11.5 Å². The molecular weight excluding hydrogens is 466 g/mol. The first kappa shape index (κ1) is 24.4. The van der Waals surface area contributed by atoms with E-state index in [0.717, 1.165) is 32.8 Å². The van der Waals surface area contributed by atoms with Crippen LogP contribution in [0.25, 0.3) is 11.1 Å². The highest BCUT2D eigenvalue weighted by Gasteiger charge is 2.30. The lowest BCUT2D eigenvalue weighted by atomic mass is 9.98. The number of likely N-dealkylation sites (N-methyl/N-ethyl adjacent to an activating group) is 1. The van der Waals surface area contributed by atoms with Crippen molar-refractivity contribution >= 4 is 29.5 Å². The van der Waals surface area contributed by atoms with Crippen molar-refractivity contribution < 1.29 is 24.2 Å². The SMILES string of the molecule is Cc1cc(CN(C)C(=O)C(CCC(=O)O)NC(=O)OCC2c3ccccc3-c3ccccc32)sn1. The predicted octanol–water partition coefficient (Wildman–Crippen LogP) is 4.18. The summed E-state index contributed by atoms with van der Waals surface area (Å²) in [5.41, 5.74) is 5.27. The Kier molecular flexibility index (Phi) is 7.45. The second-order valence-corrected chi connectivity index (χ2v) is 9.47. The summed E-state index contributed by atoms with van der Waals surface area (Å²) in [5, 5.41) is 11.7. The highest BCUT2D eigenvalue weighted by atomic mass is 32.1. The Hall–Kier alpha value is -3.72. The van der Waals surface area contributed by atoms with Crippen LogP contribution in [0.15, 0.2) is 54.6 Å². The molecule has 0 saturated carbocycles. The number of carbonyl (C=O) groups is 3. The molecule has 1 unspecified atom stereocenters. The minimum atomic E-state index is -1.04. The molecule has 0 bridgehead atoms. The van der Waals surface area contributed by atoms with E-state index in [2.05, 4.69) is 21.8 Å². The van der Waals surface area contributed by atoms with E-state index in [9.17, 15) is 14.4 Å². The van der Waals surface area contributed by atoms with Gasteiger partial charge >= 0.3 is 12.1 Å². The number of nitrogens with one attached hydrogen (secondary N) is 1. The number of amides is 2. The van der Waals surface area contributed by atoms with Gasteiger partial charge in [-0.3, -0.25) is 9.59 Å². The number of fused-ring (bicyclic) bond motifs is 3. The van der Waals surface area contributed by atoms with E-state index >= 15 is 0 Å². The van der Waals surface area contributed by atoms with Gasteiger partial charge in [0.15, 0.2) is 0 Å². The summed E-state index contributed by atoms with van der Waals surface area (Å²) in [7, 11) is 1.62. The number of nitrogens with zero attached hydrogens (tertiary/aromatic N) is 2. The lowest BCUT2D eigenvalue weighted by Crippen LogP contribution is -2.47. The fraction of sp³-hybridized carbons (Fsp3) is 0.308. The number of aliphatic carboxylic acids is 1. The number of benzene rings is 2. The zero-order chi connectivity index (χ0) is 24.9. The number of rotatable bonds is 9. The van der Waals surface area contributed by atoms with E-state index in [4.69, 9.17) is 9.84 Å². The maximum atomic E-state index is 13.0. The van der Waals surface area contributed by atoms with E-state index in [1.807, 2.05) is 49.4 Å². The molecule has 182 valence electrons. The summed E-state index contributed by atoms with van der Waals surface area (Å²) < 4.78 is 9.76. The first-order valence-corrected chi connectivity index (χ1v) is 12.1. The second kappa shape index (κ2) is 10.7. The molecule has 0 aliphatic heterocycles. The van der Waals surface area contributed by atoms with E-state index < -0.39 is 18.1 Å². The lowest BCUT2D eigenvalue weighted by Gasteiger charge is -2.24. The number of alkyl carbamates (subject to hydrolysis) is 1. The minimum absolute atomic E-state index is 0.0373. The molecule has 2 aromatic carbocycles.